The van der Waals surface area contributed by atoms with Crippen LogP contribution in [0.3, 0.4) is 0 Å². The van der Waals surface area contributed by atoms with E-state index in [1.807, 2.05) is 19.1 Å². The maximum atomic E-state index is 12.1. The summed E-state index contributed by atoms with van der Waals surface area (Å²) in [4.78, 5) is 12.1. The lowest BCUT2D eigenvalue weighted by molar-refractivity contribution is -0.132. The third-order valence-corrected chi connectivity index (χ3v) is 3.49. The first-order valence-electron chi connectivity index (χ1n) is 6.51. The van der Waals surface area contributed by atoms with Crippen LogP contribution in [0.1, 0.15) is 37.0 Å². The van der Waals surface area contributed by atoms with Crippen LogP contribution < -0.4 is 0 Å². The monoisotopic (exact) mass is 248 g/mol. The van der Waals surface area contributed by atoms with E-state index >= 15 is 0 Å². The summed E-state index contributed by atoms with van der Waals surface area (Å²) in [5, 5.41) is 0. The van der Waals surface area contributed by atoms with Crippen LogP contribution in [0.25, 0.3) is 0 Å². The molecule has 1 heterocycles. The standard InChI is InChI=1S/C15H20O3/c1-3-14(17-2)13(16)10-15-12-7-5-4-6-11(12)8-9-18-15/h4-7,14-15H,3,8-10H2,1-2H3. The fraction of sp³-hybridized carbons (Fsp3) is 0.533. The molecule has 1 aliphatic rings. The van der Waals surface area contributed by atoms with Gasteiger partial charge in [0.05, 0.1) is 12.7 Å². The van der Waals surface area contributed by atoms with E-state index in [4.69, 9.17) is 9.47 Å². The molecule has 0 saturated heterocycles. The van der Waals surface area contributed by atoms with Crippen molar-refractivity contribution in [2.45, 2.75) is 38.4 Å². The molecule has 3 nitrogen and oxygen atoms in total. The van der Waals surface area contributed by atoms with Crippen LogP contribution in [0.5, 0.6) is 0 Å². The summed E-state index contributed by atoms with van der Waals surface area (Å²) in [7, 11) is 1.59. The van der Waals surface area contributed by atoms with Gasteiger partial charge >= 0.3 is 0 Å². The Labute approximate surface area is 108 Å². The molecule has 0 fully saturated rings. The second-order valence-corrected chi connectivity index (χ2v) is 4.61. The molecule has 1 aromatic carbocycles. The fourth-order valence-corrected chi connectivity index (χ4v) is 2.49. The maximum absolute atomic E-state index is 12.1. The van der Waals surface area contributed by atoms with Crippen molar-refractivity contribution in [3.8, 4) is 0 Å². The molecule has 0 spiro atoms. The van der Waals surface area contributed by atoms with Gasteiger partial charge in [0.25, 0.3) is 0 Å². The van der Waals surface area contributed by atoms with Gasteiger partial charge in [0.1, 0.15) is 6.10 Å². The van der Waals surface area contributed by atoms with Crippen LogP contribution >= 0.6 is 0 Å². The predicted molar refractivity (Wildman–Crippen MR) is 69.6 cm³/mol. The van der Waals surface area contributed by atoms with Gasteiger partial charge in [0, 0.05) is 13.5 Å². The number of fused-ring (bicyclic) bond motifs is 1. The van der Waals surface area contributed by atoms with Crippen LogP contribution in [0.15, 0.2) is 24.3 Å². The lowest BCUT2D eigenvalue weighted by Crippen LogP contribution is -2.26. The Morgan fingerprint density at radius 2 is 2.28 bits per heavy atom. The van der Waals surface area contributed by atoms with Gasteiger partial charge in [-0.25, -0.2) is 0 Å². The van der Waals surface area contributed by atoms with Crippen LogP contribution in [-0.2, 0) is 20.7 Å². The highest BCUT2D eigenvalue weighted by molar-refractivity contribution is 5.83. The number of hydrogen-bond acceptors (Lipinski definition) is 3. The van der Waals surface area contributed by atoms with Gasteiger partial charge in [0.2, 0.25) is 0 Å². The van der Waals surface area contributed by atoms with Crippen molar-refractivity contribution in [1.82, 2.24) is 0 Å². The number of benzene rings is 1. The third-order valence-electron chi connectivity index (χ3n) is 3.49. The highest BCUT2D eigenvalue weighted by atomic mass is 16.5. The second-order valence-electron chi connectivity index (χ2n) is 4.61. The second kappa shape index (κ2) is 6.12. The van der Waals surface area contributed by atoms with Crippen molar-refractivity contribution >= 4 is 5.78 Å². The average molecular weight is 248 g/mol. The molecular weight excluding hydrogens is 228 g/mol. The maximum Gasteiger partial charge on any atom is 0.164 e. The molecule has 2 rings (SSSR count). The molecule has 0 radical (unpaired) electrons. The minimum atomic E-state index is -0.303. The Morgan fingerprint density at radius 3 is 3.00 bits per heavy atom. The summed E-state index contributed by atoms with van der Waals surface area (Å²) in [6, 6.07) is 8.20. The van der Waals surface area contributed by atoms with E-state index in [-0.39, 0.29) is 18.0 Å². The molecule has 1 aliphatic heterocycles. The Hall–Kier alpha value is -1.19. The van der Waals surface area contributed by atoms with Crippen molar-refractivity contribution in [3.63, 3.8) is 0 Å². The van der Waals surface area contributed by atoms with E-state index in [9.17, 15) is 4.79 Å². The highest BCUT2D eigenvalue weighted by Gasteiger charge is 2.26. The number of rotatable bonds is 5. The van der Waals surface area contributed by atoms with E-state index in [0.29, 0.717) is 19.4 Å². The average Bonchev–Trinajstić information content (AvgIpc) is 2.40. The normalized spacial score (nSPS) is 20.2. The number of carbonyl (C=O) groups excluding carboxylic acids is 1. The van der Waals surface area contributed by atoms with Crippen molar-refractivity contribution < 1.29 is 14.3 Å². The van der Waals surface area contributed by atoms with Gasteiger partial charge in [-0.1, -0.05) is 31.2 Å². The molecule has 18 heavy (non-hydrogen) atoms. The van der Waals surface area contributed by atoms with E-state index in [0.717, 1.165) is 12.0 Å². The number of Topliss-reactive ketones (excluding diaryl/α,β-unsaturated/α-hetero) is 1. The molecule has 3 heteroatoms. The van der Waals surface area contributed by atoms with Crippen molar-refractivity contribution in [2.75, 3.05) is 13.7 Å². The molecule has 0 saturated carbocycles. The van der Waals surface area contributed by atoms with Crippen LogP contribution in [0.2, 0.25) is 0 Å². The molecule has 2 unspecified atom stereocenters. The minimum absolute atomic E-state index is 0.105. The van der Waals surface area contributed by atoms with E-state index in [1.165, 1.54) is 5.56 Å². The van der Waals surface area contributed by atoms with Crippen LogP contribution in [0, 0.1) is 0 Å². The Balaban J connectivity index is 2.09. The summed E-state index contributed by atoms with van der Waals surface area (Å²) in [6.45, 7) is 2.65. The van der Waals surface area contributed by atoms with Gasteiger partial charge in [-0.3, -0.25) is 4.79 Å². The van der Waals surface area contributed by atoms with Crippen LogP contribution in [0.4, 0.5) is 0 Å². The molecular formula is C15H20O3. The lowest BCUT2D eigenvalue weighted by Gasteiger charge is -2.26. The van der Waals surface area contributed by atoms with Gasteiger partial charge in [-0.15, -0.1) is 0 Å². The molecule has 0 bridgehead atoms. The number of hydrogen-bond donors (Lipinski definition) is 0. The first-order valence-corrected chi connectivity index (χ1v) is 6.51. The Bertz CT molecular complexity index is 410. The molecule has 0 aromatic heterocycles. The Kier molecular flexibility index (Phi) is 4.50. The van der Waals surface area contributed by atoms with Gasteiger partial charge in [-0.05, 0) is 24.0 Å². The van der Waals surface area contributed by atoms with Crippen molar-refractivity contribution in [1.29, 1.82) is 0 Å². The molecule has 0 N–H and O–H groups in total. The topological polar surface area (TPSA) is 35.5 Å². The van der Waals surface area contributed by atoms with Gasteiger partial charge in [0.15, 0.2) is 5.78 Å². The summed E-state index contributed by atoms with van der Waals surface area (Å²) in [6.07, 6.45) is 1.64. The summed E-state index contributed by atoms with van der Waals surface area (Å²) in [5.74, 6) is 0.127. The predicted octanol–water partition coefficient (Wildman–Crippen LogP) is 2.68. The zero-order chi connectivity index (χ0) is 13.0. The van der Waals surface area contributed by atoms with E-state index in [2.05, 4.69) is 12.1 Å². The van der Waals surface area contributed by atoms with Gasteiger partial charge in [-0.2, -0.15) is 0 Å². The number of ether oxygens (including phenoxy) is 2. The third kappa shape index (κ3) is 2.79. The molecule has 1 aromatic rings. The largest absolute Gasteiger partial charge is 0.374 e. The van der Waals surface area contributed by atoms with Crippen molar-refractivity contribution in [3.05, 3.63) is 35.4 Å². The summed E-state index contributed by atoms with van der Waals surface area (Å²) >= 11 is 0. The lowest BCUT2D eigenvalue weighted by atomic mass is 9.93. The summed E-state index contributed by atoms with van der Waals surface area (Å²) < 4.78 is 10.9. The fourth-order valence-electron chi connectivity index (χ4n) is 2.49. The number of ketones is 1. The quantitative estimate of drug-likeness (QED) is 0.803. The smallest absolute Gasteiger partial charge is 0.164 e. The first-order chi connectivity index (χ1) is 8.76. The SMILES string of the molecule is CCC(OC)C(=O)CC1OCCc2ccccc21. The molecule has 0 amide bonds. The van der Waals surface area contributed by atoms with Crippen LogP contribution in [-0.4, -0.2) is 25.6 Å². The number of methoxy groups -OCH3 is 1. The molecule has 2 atom stereocenters. The first kappa shape index (κ1) is 13.2. The van der Waals surface area contributed by atoms with E-state index < -0.39 is 0 Å². The zero-order valence-corrected chi connectivity index (χ0v) is 11.0. The molecule has 98 valence electrons. The van der Waals surface area contributed by atoms with Gasteiger partial charge < -0.3 is 9.47 Å². The van der Waals surface area contributed by atoms with E-state index in [1.54, 1.807) is 7.11 Å². The molecule has 0 aliphatic carbocycles. The number of carbonyl (C=O) groups is 1. The van der Waals surface area contributed by atoms with Crippen molar-refractivity contribution in [2.24, 2.45) is 0 Å². The highest BCUT2D eigenvalue weighted by Crippen LogP contribution is 2.30. The summed E-state index contributed by atoms with van der Waals surface area (Å²) in [5.41, 5.74) is 2.45. The minimum Gasteiger partial charge on any atom is -0.374 e. The Morgan fingerprint density at radius 1 is 1.50 bits per heavy atom. The zero-order valence-electron chi connectivity index (χ0n) is 11.0.